The molecule has 0 saturated carbocycles. The van der Waals surface area contributed by atoms with Gasteiger partial charge in [0.25, 0.3) is 5.56 Å². The van der Waals surface area contributed by atoms with E-state index in [4.69, 9.17) is 0 Å². The average molecular weight is 387 g/mol. The SMILES string of the molecule is CC(CCCc1ccccc1)c1cc2c(cc1O)c1c(c(=O)n2C)C=CCC1=O. The Morgan fingerprint density at radius 3 is 2.66 bits per heavy atom. The van der Waals surface area contributed by atoms with E-state index in [1.807, 2.05) is 24.3 Å². The smallest absolute Gasteiger partial charge is 0.258 e. The molecule has 29 heavy (non-hydrogen) atoms. The molecule has 1 unspecified atom stereocenters. The molecule has 0 radical (unpaired) electrons. The van der Waals surface area contributed by atoms with E-state index in [1.165, 1.54) is 5.56 Å². The lowest BCUT2D eigenvalue weighted by Crippen LogP contribution is -2.25. The molecule has 0 aliphatic heterocycles. The number of nitrogens with zero attached hydrogens (tertiary/aromatic N) is 1. The second kappa shape index (κ2) is 7.70. The fourth-order valence-corrected chi connectivity index (χ4v) is 4.26. The van der Waals surface area contributed by atoms with Crippen LogP contribution in [0, 0.1) is 0 Å². The molecule has 0 spiro atoms. The average Bonchev–Trinajstić information content (AvgIpc) is 2.72. The number of phenolic OH excluding ortho intramolecular Hbond substituents is 1. The minimum atomic E-state index is -0.176. The lowest BCUT2D eigenvalue weighted by molar-refractivity contribution is 0.0996. The highest BCUT2D eigenvalue weighted by molar-refractivity contribution is 6.12. The van der Waals surface area contributed by atoms with Crippen molar-refractivity contribution in [3.8, 4) is 5.75 Å². The van der Waals surface area contributed by atoms with Gasteiger partial charge in [0.15, 0.2) is 5.78 Å². The van der Waals surface area contributed by atoms with E-state index in [9.17, 15) is 14.7 Å². The number of phenols is 1. The molecule has 4 heteroatoms. The largest absolute Gasteiger partial charge is 0.508 e. The number of fused-ring (bicyclic) bond motifs is 3. The third-order valence-electron chi connectivity index (χ3n) is 5.92. The zero-order valence-electron chi connectivity index (χ0n) is 16.8. The van der Waals surface area contributed by atoms with Gasteiger partial charge in [0.1, 0.15) is 5.75 Å². The number of aromatic nitrogens is 1. The number of aryl methyl sites for hydroxylation is 2. The van der Waals surface area contributed by atoms with Gasteiger partial charge in [0, 0.05) is 24.4 Å². The van der Waals surface area contributed by atoms with Crippen LogP contribution in [0.2, 0.25) is 0 Å². The fraction of sp³-hybridized carbons (Fsp3) is 0.280. The highest BCUT2D eigenvalue weighted by Crippen LogP contribution is 2.35. The minimum absolute atomic E-state index is 0.0757. The summed E-state index contributed by atoms with van der Waals surface area (Å²) in [6, 6.07) is 13.9. The number of Topliss-reactive ketones (excluding diaryl/α,β-unsaturated/α-hetero) is 1. The van der Waals surface area contributed by atoms with Gasteiger partial charge < -0.3 is 9.67 Å². The number of pyridine rings is 1. The second-order valence-corrected chi connectivity index (χ2v) is 7.89. The molecule has 4 nitrogen and oxygen atoms in total. The zero-order chi connectivity index (χ0) is 20.5. The molecule has 0 amide bonds. The van der Waals surface area contributed by atoms with E-state index in [1.54, 1.807) is 29.8 Å². The molecule has 1 aliphatic rings. The van der Waals surface area contributed by atoms with Crippen molar-refractivity contribution >= 4 is 22.8 Å². The lowest BCUT2D eigenvalue weighted by atomic mass is 9.89. The number of benzene rings is 2. The third-order valence-corrected chi connectivity index (χ3v) is 5.92. The lowest BCUT2D eigenvalue weighted by Gasteiger charge is -2.19. The van der Waals surface area contributed by atoms with Crippen molar-refractivity contribution in [2.24, 2.45) is 7.05 Å². The van der Waals surface area contributed by atoms with Crippen LogP contribution in [0.3, 0.4) is 0 Å². The van der Waals surface area contributed by atoms with Crippen LogP contribution in [0.5, 0.6) is 5.75 Å². The summed E-state index contributed by atoms with van der Waals surface area (Å²) in [5.41, 5.74) is 3.50. The minimum Gasteiger partial charge on any atom is -0.508 e. The van der Waals surface area contributed by atoms with Crippen LogP contribution in [0.1, 0.15) is 59.2 Å². The number of ketones is 1. The summed E-state index contributed by atoms with van der Waals surface area (Å²) in [6.07, 6.45) is 6.65. The Hall–Kier alpha value is -3.14. The maximum atomic E-state index is 12.8. The Bertz CT molecular complexity index is 1170. The number of aromatic hydroxyl groups is 1. The molecule has 148 valence electrons. The Kier molecular flexibility index (Phi) is 5.10. The van der Waals surface area contributed by atoms with Gasteiger partial charge in [-0.05, 0) is 48.4 Å². The fourth-order valence-electron chi connectivity index (χ4n) is 4.26. The van der Waals surface area contributed by atoms with Gasteiger partial charge in [-0.15, -0.1) is 0 Å². The normalized spacial score (nSPS) is 14.2. The monoisotopic (exact) mass is 387 g/mol. The molecule has 1 heterocycles. The van der Waals surface area contributed by atoms with Crippen molar-refractivity contribution in [2.45, 2.75) is 38.5 Å². The van der Waals surface area contributed by atoms with E-state index >= 15 is 0 Å². The number of carbonyl (C=O) groups excluding carboxylic acids is 1. The van der Waals surface area contributed by atoms with Crippen LogP contribution in [0.25, 0.3) is 17.0 Å². The van der Waals surface area contributed by atoms with Crippen LogP contribution in [-0.4, -0.2) is 15.5 Å². The maximum absolute atomic E-state index is 12.8. The third kappa shape index (κ3) is 3.51. The summed E-state index contributed by atoms with van der Waals surface area (Å²) in [4.78, 5) is 25.3. The molecule has 1 N–H and O–H groups in total. The predicted molar refractivity (Wildman–Crippen MR) is 117 cm³/mol. The Labute approximate surface area is 170 Å². The highest BCUT2D eigenvalue weighted by Gasteiger charge is 2.23. The van der Waals surface area contributed by atoms with Crippen molar-refractivity contribution in [3.63, 3.8) is 0 Å². The van der Waals surface area contributed by atoms with E-state index in [0.29, 0.717) is 22.0 Å². The van der Waals surface area contributed by atoms with Crippen LogP contribution >= 0.6 is 0 Å². The van der Waals surface area contributed by atoms with Gasteiger partial charge in [-0.1, -0.05) is 49.4 Å². The second-order valence-electron chi connectivity index (χ2n) is 7.89. The van der Waals surface area contributed by atoms with Crippen molar-refractivity contribution in [1.82, 2.24) is 4.57 Å². The van der Waals surface area contributed by atoms with Crippen molar-refractivity contribution < 1.29 is 9.90 Å². The molecule has 2 aromatic carbocycles. The maximum Gasteiger partial charge on any atom is 0.258 e. The number of hydrogen-bond acceptors (Lipinski definition) is 3. The van der Waals surface area contributed by atoms with Gasteiger partial charge in [-0.3, -0.25) is 9.59 Å². The van der Waals surface area contributed by atoms with Gasteiger partial charge >= 0.3 is 0 Å². The molecule has 1 atom stereocenters. The Balaban J connectivity index is 1.68. The molecular formula is C25H25NO3. The first-order valence-electron chi connectivity index (χ1n) is 10.1. The summed E-state index contributed by atoms with van der Waals surface area (Å²) >= 11 is 0. The standard InChI is InChI=1S/C25H25NO3/c1-16(8-6-11-17-9-4-3-5-10-17)19-14-21-20(15-23(19)28)24-18(25(29)26(21)2)12-7-13-22(24)27/h3-5,7,9-10,12,14-16,28H,6,8,11,13H2,1-2H3. The molecule has 4 rings (SSSR count). The first-order chi connectivity index (χ1) is 14.0. The summed E-state index contributed by atoms with van der Waals surface area (Å²) in [6.45, 7) is 2.09. The molecule has 0 saturated heterocycles. The van der Waals surface area contributed by atoms with Crippen LogP contribution in [-0.2, 0) is 13.5 Å². The predicted octanol–water partition coefficient (Wildman–Crippen LogP) is 4.97. The van der Waals surface area contributed by atoms with E-state index in [0.717, 1.165) is 24.8 Å². The van der Waals surface area contributed by atoms with Gasteiger partial charge in [0.2, 0.25) is 0 Å². The van der Waals surface area contributed by atoms with Gasteiger partial charge in [0.05, 0.1) is 11.1 Å². The molecule has 3 aromatic rings. The number of allylic oxidation sites excluding steroid dienone is 1. The van der Waals surface area contributed by atoms with Crippen LogP contribution in [0.15, 0.2) is 53.3 Å². The quantitative estimate of drug-likeness (QED) is 0.672. The van der Waals surface area contributed by atoms with E-state index in [-0.39, 0.29) is 29.4 Å². The van der Waals surface area contributed by atoms with Crippen molar-refractivity contribution in [1.29, 1.82) is 0 Å². The Morgan fingerprint density at radius 1 is 1.14 bits per heavy atom. The topological polar surface area (TPSA) is 59.3 Å². The first-order valence-corrected chi connectivity index (χ1v) is 10.1. The van der Waals surface area contributed by atoms with Crippen LogP contribution in [0.4, 0.5) is 0 Å². The van der Waals surface area contributed by atoms with E-state index < -0.39 is 0 Å². The molecule has 0 fully saturated rings. The Morgan fingerprint density at radius 2 is 1.90 bits per heavy atom. The number of rotatable bonds is 5. The molecule has 0 bridgehead atoms. The highest BCUT2D eigenvalue weighted by atomic mass is 16.3. The number of hydrogen-bond donors (Lipinski definition) is 1. The summed E-state index contributed by atoms with van der Waals surface area (Å²) in [5.74, 6) is 0.256. The van der Waals surface area contributed by atoms with Crippen LogP contribution < -0.4 is 5.56 Å². The molecule has 1 aromatic heterocycles. The van der Waals surface area contributed by atoms with Crippen molar-refractivity contribution in [3.05, 3.63) is 81.1 Å². The molecule has 1 aliphatic carbocycles. The number of carbonyl (C=O) groups is 1. The van der Waals surface area contributed by atoms with Gasteiger partial charge in [-0.25, -0.2) is 0 Å². The summed E-state index contributed by atoms with van der Waals surface area (Å²) in [7, 11) is 1.72. The summed E-state index contributed by atoms with van der Waals surface area (Å²) < 4.78 is 1.58. The van der Waals surface area contributed by atoms with Gasteiger partial charge in [-0.2, -0.15) is 0 Å². The first kappa shape index (κ1) is 19.2. The zero-order valence-corrected chi connectivity index (χ0v) is 16.8. The molecular weight excluding hydrogens is 362 g/mol. The van der Waals surface area contributed by atoms with Crippen molar-refractivity contribution in [2.75, 3.05) is 0 Å². The van der Waals surface area contributed by atoms with E-state index in [2.05, 4.69) is 19.1 Å². The summed E-state index contributed by atoms with van der Waals surface area (Å²) in [5, 5.41) is 11.4.